The SMILES string of the molecule is COc1cc(NS(=O)(=O)c2cccc(NCOC[n+]3cc(C)cc(C(=O)NCCCCNOCc4cc(C)c[n+](CC(=O)Nc5cccc(S(=O)(=O)Nc6ccc(NNC(=O)C(=O)NCCCN7CCOCC7)c(OC)c6)c5)c4)c3)c2)ccc1NNC(=O)C(=O)NCCCN1CCOCC1. The maximum Gasteiger partial charge on any atom is 0.327 e. The highest BCUT2D eigenvalue weighted by Crippen LogP contribution is 2.31. The molecule has 0 bridgehead atoms. The second-order valence-corrected chi connectivity index (χ2v) is 26.6. The van der Waals surface area contributed by atoms with Crippen LogP contribution in [-0.4, -0.2) is 175 Å². The van der Waals surface area contributed by atoms with Gasteiger partial charge in [0.25, 0.3) is 38.6 Å². The van der Waals surface area contributed by atoms with E-state index in [1.54, 1.807) is 52.0 Å². The van der Waals surface area contributed by atoms with Crippen LogP contribution in [-0.2, 0) is 82.9 Å². The molecule has 2 saturated heterocycles. The monoisotopic (exact) mass is 1420 g/mol. The molecule has 100 heavy (non-hydrogen) atoms. The van der Waals surface area contributed by atoms with Gasteiger partial charge in [0.1, 0.15) is 23.8 Å². The van der Waals surface area contributed by atoms with Crippen LogP contribution >= 0.6 is 0 Å². The van der Waals surface area contributed by atoms with Gasteiger partial charge in [-0.1, -0.05) is 12.1 Å². The first-order valence-corrected chi connectivity index (χ1v) is 35.3. The lowest BCUT2D eigenvalue weighted by molar-refractivity contribution is -0.732. The van der Waals surface area contributed by atoms with Gasteiger partial charge in [0.15, 0.2) is 24.8 Å². The summed E-state index contributed by atoms with van der Waals surface area (Å²) in [4.78, 5) is 86.2. The summed E-state index contributed by atoms with van der Waals surface area (Å²) in [5.41, 5.74) is 17.4. The number of carbonyl (C=O) groups excluding carboxylic acids is 6. The van der Waals surface area contributed by atoms with Crippen LogP contribution in [0.15, 0.2) is 132 Å². The summed E-state index contributed by atoms with van der Waals surface area (Å²) in [5, 5.41) is 14.0. The quantitative estimate of drug-likeness (QED) is 0.00872. The molecule has 4 aromatic carbocycles. The molecule has 2 aliphatic heterocycles. The molecule has 34 heteroatoms. The van der Waals surface area contributed by atoms with Crippen molar-refractivity contribution in [1.29, 1.82) is 0 Å². The molecule has 2 aliphatic rings. The number of hydrogen-bond donors (Lipinski definition) is 12. The number of hydroxylamine groups is 1. The Morgan fingerprint density at radius 1 is 0.540 bits per heavy atom. The van der Waals surface area contributed by atoms with Crippen molar-refractivity contribution in [2.75, 3.05) is 144 Å². The van der Waals surface area contributed by atoms with Gasteiger partial charge in [-0.2, -0.15) is 9.13 Å². The van der Waals surface area contributed by atoms with Crippen LogP contribution in [0.25, 0.3) is 0 Å². The average molecular weight is 1430 g/mol. The smallest absolute Gasteiger partial charge is 0.327 e. The number of morpholine rings is 2. The fourth-order valence-corrected chi connectivity index (χ4v) is 12.6. The summed E-state index contributed by atoms with van der Waals surface area (Å²) in [7, 11) is -5.53. The van der Waals surface area contributed by atoms with Gasteiger partial charge in [0, 0.05) is 92.6 Å². The van der Waals surface area contributed by atoms with Crippen LogP contribution in [0.3, 0.4) is 0 Å². The van der Waals surface area contributed by atoms with E-state index in [9.17, 15) is 45.6 Å². The van der Waals surface area contributed by atoms with E-state index >= 15 is 0 Å². The molecule has 8 rings (SSSR count). The standard InChI is InChI=1S/C66H86N16O16S2/c1-47-33-49(41-81(39-47)43-61(83)72-52-12-8-14-56(36-52)100(91,92)78-54-16-18-58(60(38-54)94-4)74-76-66(88)64(86)69-21-10-24-80-27-31-96-32-28-80)44-98-71-22-6-5-19-67-62(84)50-34-48(2)40-82(42-50)46-97-45-70-51-11-7-13-55(35-51)99(89,90)77-53-15-17-57(59(37-53)93-3)73-75-65(87)63(85)68-20-9-23-79-25-29-95-30-26-79/h7-8,11-18,33-42,70-71H,5-6,9-10,19-32,43-46H2,1-4H3,(H8-2,67,68,69,72,73,74,75,76,77,78,83,84,85,86,87,88)/p+2. The van der Waals surface area contributed by atoms with Crippen LogP contribution < -0.4 is 81.8 Å². The molecule has 0 unspecified atom stereocenters. The number of nitrogens with one attached hydrogen (secondary N) is 12. The number of amides is 6. The fourth-order valence-electron chi connectivity index (χ4n) is 10.4. The molecule has 6 aromatic rings. The lowest BCUT2D eigenvalue weighted by Gasteiger charge is -2.26. The van der Waals surface area contributed by atoms with Crippen LogP contribution in [0, 0.1) is 13.8 Å². The molecule has 32 nitrogen and oxygen atoms in total. The number of methoxy groups -OCH3 is 2. The van der Waals surface area contributed by atoms with Crippen molar-refractivity contribution in [3.8, 4) is 11.5 Å². The Morgan fingerprint density at radius 2 is 1.06 bits per heavy atom. The van der Waals surface area contributed by atoms with Gasteiger partial charge in [0.05, 0.1) is 79.8 Å². The minimum absolute atomic E-state index is 0.00125. The fraction of sp³-hybridized carbons (Fsp3) is 0.394. The van der Waals surface area contributed by atoms with Gasteiger partial charge in [-0.25, -0.2) is 22.3 Å². The van der Waals surface area contributed by atoms with E-state index in [0.717, 1.165) is 56.0 Å². The normalized spacial score (nSPS) is 13.4. The summed E-state index contributed by atoms with van der Waals surface area (Å²) in [6, 6.07) is 24.3. The molecular weight excluding hydrogens is 1340 g/mol. The molecule has 6 amide bonds. The number of pyridine rings is 2. The van der Waals surface area contributed by atoms with Crippen molar-refractivity contribution in [2.45, 2.75) is 69.2 Å². The number of rotatable bonds is 37. The number of hydrogen-bond acceptors (Lipinski definition) is 22. The average Bonchev–Trinajstić information content (AvgIpc) is 0.820. The van der Waals surface area contributed by atoms with E-state index < -0.39 is 49.6 Å². The van der Waals surface area contributed by atoms with Crippen molar-refractivity contribution in [2.24, 2.45) is 0 Å². The number of nitrogens with zero attached hydrogens (tertiary/aromatic N) is 4. The van der Waals surface area contributed by atoms with Gasteiger partial charge >= 0.3 is 23.6 Å². The molecule has 12 N–H and O–H groups in total. The second-order valence-electron chi connectivity index (χ2n) is 23.2. The minimum atomic E-state index is -4.17. The van der Waals surface area contributed by atoms with E-state index in [1.807, 2.05) is 26.1 Å². The van der Waals surface area contributed by atoms with Crippen LogP contribution in [0.2, 0.25) is 0 Å². The summed E-state index contributed by atoms with van der Waals surface area (Å²) in [6.07, 6.45) is 9.74. The number of ether oxygens (including phenoxy) is 5. The number of benzene rings is 4. The molecule has 2 fully saturated rings. The predicted molar refractivity (Wildman–Crippen MR) is 369 cm³/mol. The Morgan fingerprint density at radius 3 is 1.63 bits per heavy atom. The van der Waals surface area contributed by atoms with Crippen molar-refractivity contribution in [3.05, 3.63) is 144 Å². The third-order valence-corrected chi connectivity index (χ3v) is 18.1. The zero-order valence-corrected chi connectivity index (χ0v) is 57.9. The number of carbonyl (C=O) groups is 6. The first-order chi connectivity index (χ1) is 48.2. The van der Waals surface area contributed by atoms with E-state index in [0.29, 0.717) is 89.5 Å². The van der Waals surface area contributed by atoms with Gasteiger partial charge in [-0.3, -0.25) is 74.6 Å². The zero-order valence-electron chi connectivity index (χ0n) is 56.2. The van der Waals surface area contributed by atoms with Crippen LogP contribution in [0.4, 0.5) is 34.1 Å². The maximum atomic E-state index is 13.6. The number of anilines is 6. The van der Waals surface area contributed by atoms with E-state index in [2.05, 4.69) is 73.0 Å². The molecule has 538 valence electrons. The number of aryl methyl sites for hydroxylation is 2. The lowest BCUT2D eigenvalue weighted by Crippen LogP contribution is -2.43. The molecule has 2 aromatic heterocycles. The van der Waals surface area contributed by atoms with Crippen LogP contribution in [0.1, 0.15) is 52.7 Å². The predicted octanol–water partition coefficient (Wildman–Crippen LogP) is 1.97. The molecule has 0 atom stereocenters. The Kier molecular flexibility index (Phi) is 29.3. The van der Waals surface area contributed by atoms with Crippen molar-refractivity contribution in [1.82, 2.24) is 42.1 Å². The van der Waals surface area contributed by atoms with Gasteiger partial charge < -0.3 is 50.3 Å². The lowest BCUT2D eigenvalue weighted by atomic mass is 10.2. The van der Waals surface area contributed by atoms with Crippen molar-refractivity contribution >= 4 is 89.6 Å². The Bertz CT molecular complexity index is 4010. The maximum absolute atomic E-state index is 13.6. The number of aromatic nitrogens is 2. The van der Waals surface area contributed by atoms with E-state index in [4.69, 9.17) is 28.5 Å². The van der Waals surface area contributed by atoms with E-state index in [1.165, 1.54) is 80.9 Å². The van der Waals surface area contributed by atoms with Crippen molar-refractivity contribution in [3.63, 3.8) is 0 Å². The highest BCUT2D eigenvalue weighted by Gasteiger charge is 2.23. The topological polar surface area (TPSA) is 385 Å². The summed E-state index contributed by atoms with van der Waals surface area (Å²) < 4.78 is 90.0. The number of hydrazine groups is 2. The summed E-state index contributed by atoms with van der Waals surface area (Å²) in [6.45, 7) is 13.0. The van der Waals surface area contributed by atoms with Gasteiger partial charge in [-0.15, -0.1) is 0 Å². The molecular formula is C66H88N16O16S2+2. The third-order valence-electron chi connectivity index (χ3n) is 15.3. The minimum Gasteiger partial charge on any atom is -0.494 e. The third kappa shape index (κ3) is 24.9. The highest BCUT2D eigenvalue weighted by molar-refractivity contribution is 7.93. The summed E-state index contributed by atoms with van der Waals surface area (Å²) in [5.74, 6) is -3.80. The zero-order chi connectivity index (χ0) is 71.3. The molecule has 0 radical (unpaired) electrons. The van der Waals surface area contributed by atoms with Gasteiger partial charge in [0.2, 0.25) is 6.54 Å². The largest absolute Gasteiger partial charge is 0.494 e. The first-order valence-electron chi connectivity index (χ1n) is 32.4. The Hall–Kier alpha value is -9.78. The molecule has 4 heterocycles. The van der Waals surface area contributed by atoms with E-state index in [-0.39, 0.29) is 82.2 Å². The highest BCUT2D eigenvalue weighted by atomic mass is 32.2. The molecule has 0 saturated carbocycles. The van der Waals surface area contributed by atoms with Crippen LogP contribution in [0.5, 0.6) is 11.5 Å². The molecule has 0 aliphatic carbocycles. The van der Waals surface area contributed by atoms with Crippen molar-refractivity contribution < 1.29 is 83.3 Å². The molecule has 0 spiro atoms. The Labute approximate surface area is 580 Å². The second kappa shape index (κ2) is 38.5. The summed E-state index contributed by atoms with van der Waals surface area (Å²) >= 11 is 0. The Balaban J connectivity index is 0.691. The number of unbranched alkanes of at least 4 members (excludes halogenated alkanes) is 1. The van der Waals surface area contributed by atoms with Gasteiger partial charge in [-0.05, 0) is 125 Å². The first kappa shape index (κ1) is 76.0. The number of sulfonamides is 2.